The van der Waals surface area contributed by atoms with Crippen LogP contribution in [-0.2, 0) is 6.61 Å². The monoisotopic (exact) mass is 174 g/mol. The van der Waals surface area contributed by atoms with Crippen molar-refractivity contribution in [2.24, 2.45) is 0 Å². The Labute approximate surface area is 78.7 Å². The highest BCUT2D eigenvalue weighted by Crippen LogP contribution is 2.41. The van der Waals surface area contributed by atoms with Gasteiger partial charge < -0.3 is 5.11 Å². The van der Waals surface area contributed by atoms with Gasteiger partial charge in [-0.15, -0.1) is 0 Å². The Bertz CT molecular complexity index is 324. The van der Waals surface area contributed by atoms with E-state index in [0.29, 0.717) is 5.92 Å². The van der Waals surface area contributed by atoms with Crippen LogP contribution < -0.4 is 0 Å². The van der Waals surface area contributed by atoms with Gasteiger partial charge in [0.05, 0.1) is 6.61 Å². The molecule has 0 saturated heterocycles. The van der Waals surface area contributed by atoms with E-state index < -0.39 is 0 Å². The van der Waals surface area contributed by atoms with E-state index in [1.54, 1.807) is 0 Å². The molecule has 0 radical (unpaired) electrons. The van der Waals surface area contributed by atoms with Crippen LogP contribution in [0.1, 0.15) is 35.4 Å². The molecule has 13 heavy (non-hydrogen) atoms. The summed E-state index contributed by atoms with van der Waals surface area (Å²) in [4.78, 5) is 0. The van der Waals surface area contributed by atoms with Crippen LogP contribution in [0.3, 0.4) is 0 Å². The summed E-state index contributed by atoms with van der Waals surface area (Å²) in [6, 6.07) is 6.22. The third-order valence-electron chi connectivity index (χ3n) is 2.59. The van der Waals surface area contributed by atoms with E-state index in [-0.39, 0.29) is 6.61 Å². The molecule has 0 amide bonds. The fraction of sp³-hybridized carbons (Fsp3) is 0.333. The molecule has 1 aliphatic rings. The van der Waals surface area contributed by atoms with Crippen LogP contribution in [0, 0.1) is 0 Å². The lowest BCUT2D eigenvalue weighted by Crippen LogP contribution is -1.92. The lowest BCUT2D eigenvalue weighted by molar-refractivity contribution is 0.280. The normalized spacial score (nSPS) is 15.8. The molecule has 68 valence electrons. The maximum Gasteiger partial charge on any atom is 0.0684 e. The summed E-state index contributed by atoms with van der Waals surface area (Å²) in [6.07, 6.45) is 4.37. The Morgan fingerprint density at radius 1 is 1.46 bits per heavy atom. The molecule has 0 atom stereocenters. The highest BCUT2D eigenvalue weighted by molar-refractivity contribution is 5.50. The van der Waals surface area contributed by atoms with Gasteiger partial charge in [-0.3, -0.25) is 0 Å². The van der Waals surface area contributed by atoms with Crippen molar-refractivity contribution in [3.8, 4) is 0 Å². The second kappa shape index (κ2) is 3.35. The SMILES string of the molecule is C=Cc1ccc(C2CC2)c(CO)c1. The van der Waals surface area contributed by atoms with Crippen LogP contribution in [0.4, 0.5) is 0 Å². The summed E-state index contributed by atoms with van der Waals surface area (Å²) in [5, 5.41) is 9.18. The summed E-state index contributed by atoms with van der Waals surface area (Å²) >= 11 is 0. The zero-order valence-corrected chi connectivity index (χ0v) is 7.66. The van der Waals surface area contributed by atoms with Crippen molar-refractivity contribution in [3.63, 3.8) is 0 Å². The molecule has 0 unspecified atom stereocenters. The van der Waals surface area contributed by atoms with E-state index in [1.807, 2.05) is 12.1 Å². The van der Waals surface area contributed by atoms with Gasteiger partial charge >= 0.3 is 0 Å². The van der Waals surface area contributed by atoms with Gasteiger partial charge in [-0.05, 0) is 41.5 Å². The zero-order valence-electron chi connectivity index (χ0n) is 7.66. The Balaban J connectivity index is 2.38. The number of hydrogen-bond acceptors (Lipinski definition) is 1. The van der Waals surface area contributed by atoms with E-state index in [0.717, 1.165) is 11.1 Å². The fourth-order valence-corrected chi connectivity index (χ4v) is 1.68. The van der Waals surface area contributed by atoms with Crippen LogP contribution in [-0.4, -0.2) is 5.11 Å². The summed E-state index contributed by atoms with van der Waals surface area (Å²) in [5.74, 6) is 0.709. The smallest absolute Gasteiger partial charge is 0.0684 e. The van der Waals surface area contributed by atoms with E-state index in [1.165, 1.54) is 18.4 Å². The molecule has 0 spiro atoms. The first-order valence-electron chi connectivity index (χ1n) is 4.71. The second-order valence-electron chi connectivity index (χ2n) is 3.59. The molecular formula is C12H14O. The summed E-state index contributed by atoms with van der Waals surface area (Å²) in [5.41, 5.74) is 3.49. The Kier molecular flexibility index (Phi) is 2.19. The molecular weight excluding hydrogens is 160 g/mol. The van der Waals surface area contributed by atoms with Gasteiger partial charge in [0.15, 0.2) is 0 Å². The third-order valence-corrected chi connectivity index (χ3v) is 2.59. The predicted octanol–water partition coefficient (Wildman–Crippen LogP) is 2.70. The van der Waals surface area contributed by atoms with Crippen LogP contribution in [0.2, 0.25) is 0 Å². The van der Waals surface area contributed by atoms with Gasteiger partial charge in [-0.25, -0.2) is 0 Å². The Morgan fingerprint density at radius 3 is 2.77 bits per heavy atom. The first-order valence-corrected chi connectivity index (χ1v) is 4.71. The van der Waals surface area contributed by atoms with Crippen molar-refractivity contribution >= 4 is 6.08 Å². The van der Waals surface area contributed by atoms with Gasteiger partial charge in [-0.2, -0.15) is 0 Å². The number of aliphatic hydroxyl groups excluding tert-OH is 1. The molecule has 1 aliphatic carbocycles. The number of aliphatic hydroxyl groups is 1. The second-order valence-corrected chi connectivity index (χ2v) is 3.59. The number of hydrogen-bond donors (Lipinski definition) is 1. The maximum atomic E-state index is 9.18. The van der Waals surface area contributed by atoms with Crippen molar-refractivity contribution in [2.45, 2.75) is 25.4 Å². The zero-order chi connectivity index (χ0) is 9.26. The molecule has 0 aliphatic heterocycles. The first-order chi connectivity index (χ1) is 6.35. The lowest BCUT2D eigenvalue weighted by atomic mass is 10.0. The van der Waals surface area contributed by atoms with Gasteiger partial charge in [0, 0.05) is 0 Å². The van der Waals surface area contributed by atoms with Crippen LogP contribution >= 0.6 is 0 Å². The minimum absolute atomic E-state index is 0.146. The van der Waals surface area contributed by atoms with E-state index in [9.17, 15) is 5.11 Å². The van der Waals surface area contributed by atoms with E-state index >= 15 is 0 Å². The fourth-order valence-electron chi connectivity index (χ4n) is 1.68. The molecule has 1 saturated carbocycles. The van der Waals surface area contributed by atoms with E-state index in [4.69, 9.17) is 0 Å². The molecule has 0 aromatic heterocycles. The summed E-state index contributed by atoms with van der Waals surface area (Å²) in [7, 11) is 0. The lowest BCUT2D eigenvalue weighted by Gasteiger charge is -2.06. The maximum absolute atomic E-state index is 9.18. The molecule has 0 heterocycles. The largest absolute Gasteiger partial charge is 0.392 e. The molecule has 2 rings (SSSR count). The van der Waals surface area contributed by atoms with Crippen molar-refractivity contribution in [1.29, 1.82) is 0 Å². The van der Waals surface area contributed by atoms with Gasteiger partial charge in [0.2, 0.25) is 0 Å². The molecule has 0 bridgehead atoms. The standard InChI is InChI=1S/C12H14O/c1-2-9-3-6-12(10-4-5-10)11(7-9)8-13/h2-3,6-7,10,13H,1,4-5,8H2. The molecule has 1 heteroatoms. The Morgan fingerprint density at radius 2 is 2.23 bits per heavy atom. The topological polar surface area (TPSA) is 20.2 Å². The average Bonchev–Trinajstić information content (AvgIpc) is 3.00. The molecule has 1 aromatic carbocycles. The highest BCUT2D eigenvalue weighted by atomic mass is 16.3. The Hall–Kier alpha value is -1.08. The van der Waals surface area contributed by atoms with Crippen molar-refractivity contribution in [2.75, 3.05) is 0 Å². The molecule has 1 nitrogen and oxygen atoms in total. The van der Waals surface area contributed by atoms with Crippen molar-refractivity contribution in [1.82, 2.24) is 0 Å². The quantitative estimate of drug-likeness (QED) is 0.747. The number of rotatable bonds is 3. The minimum Gasteiger partial charge on any atom is -0.392 e. The molecule has 1 fully saturated rings. The average molecular weight is 174 g/mol. The highest BCUT2D eigenvalue weighted by Gasteiger charge is 2.25. The van der Waals surface area contributed by atoms with Crippen molar-refractivity contribution in [3.05, 3.63) is 41.5 Å². The van der Waals surface area contributed by atoms with Crippen LogP contribution in [0.25, 0.3) is 6.08 Å². The van der Waals surface area contributed by atoms with Crippen LogP contribution in [0.15, 0.2) is 24.8 Å². The molecule has 1 N–H and O–H groups in total. The van der Waals surface area contributed by atoms with Gasteiger partial charge in [0.25, 0.3) is 0 Å². The number of benzene rings is 1. The van der Waals surface area contributed by atoms with Gasteiger partial charge in [-0.1, -0.05) is 24.8 Å². The molecule has 1 aromatic rings. The summed E-state index contributed by atoms with van der Waals surface area (Å²) < 4.78 is 0. The van der Waals surface area contributed by atoms with Gasteiger partial charge in [0.1, 0.15) is 0 Å². The van der Waals surface area contributed by atoms with Crippen molar-refractivity contribution < 1.29 is 5.11 Å². The van der Waals surface area contributed by atoms with Crippen LogP contribution in [0.5, 0.6) is 0 Å². The third kappa shape index (κ3) is 1.65. The predicted molar refractivity (Wildman–Crippen MR) is 54.4 cm³/mol. The minimum atomic E-state index is 0.146. The first kappa shape index (κ1) is 8.52. The summed E-state index contributed by atoms with van der Waals surface area (Å²) in [6.45, 7) is 3.86. The van der Waals surface area contributed by atoms with E-state index in [2.05, 4.69) is 18.7 Å².